The fourth-order valence-corrected chi connectivity index (χ4v) is 3.28. The molecule has 0 heterocycles. The van der Waals surface area contributed by atoms with Crippen molar-refractivity contribution in [3.8, 4) is 5.75 Å². The zero-order valence-corrected chi connectivity index (χ0v) is 14.6. The number of carbonyl (C=O) groups excluding carboxylic acids is 1. The molecule has 1 aliphatic rings. The van der Waals surface area contributed by atoms with E-state index in [1.54, 1.807) is 31.4 Å². The van der Waals surface area contributed by atoms with Gasteiger partial charge in [-0.05, 0) is 48.7 Å². The van der Waals surface area contributed by atoms with E-state index in [4.69, 9.17) is 21.2 Å². The summed E-state index contributed by atoms with van der Waals surface area (Å²) in [5.41, 5.74) is 3.07. The van der Waals surface area contributed by atoms with Crippen molar-refractivity contribution in [3.63, 3.8) is 0 Å². The minimum Gasteiger partial charge on any atom is -0.496 e. The molecule has 0 atom stereocenters. The third-order valence-corrected chi connectivity index (χ3v) is 4.61. The van der Waals surface area contributed by atoms with Crippen LogP contribution in [0, 0.1) is 0 Å². The summed E-state index contributed by atoms with van der Waals surface area (Å²) in [6.45, 7) is 0. The number of methoxy groups -OCH3 is 1. The molecule has 0 radical (unpaired) electrons. The van der Waals surface area contributed by atoms with Crippen molar-refractivity contribution in [2.45, 2.75) is 12.8 Å². The highest BCUT2D eigenvalue weighted by Crippen LogP contribution is 2.36. The molecule has 0 fully saturated rings. The number of fused-ring (bicyclic) bond motifs is 1. The van der Waals surface area contributed by atoms with Crippen molar-refractivity contribution in [1.82, 2.24) is 0 Å². The average Bonchev–Trinajstić information content (AvgIpc) is 2.98. The van der Waals surface area contributed by atoms with Crippen LogP contribution < -0.4 is 4.74 Å². The largest absolute Gasteiger partial charge is 0.496 e. The van der Waals surface area contributed by atoms with Gasteiger partial charge in [0.25, 0.3) is 0 Å². The summed E-state index contributed by atoms with van der Waals surface area (Å²) < 4.78 is 6.39. The first kappa shape index (κ1) is 16.0. The molecule has 0 N–H and O–H groups in total. The number of ether oxygens (including phenoxy) is 1. The van der Waals surface area contributed by atoms with Gasteiger partial charge in [0, 0.05) is 15.1 Å². The van der Waals surface area contributed by atoms with Gasteiger partial charge in [0.05, 0.1) is 18.4 Å². The summed E-state index contributed by atoms with van der Waals surface area (Å²) in [6, 6.07) is 10.4. The van der Waals surface area contributed by atoms with E-state index in [0.29, 0.717) is 22.7 Å². The molecule has 0 amide bonds. The van der Waals surface area contributed by atoms with Crippen molar-refractivity contribution < 1.29 is 14.4 Å². The number of carbonyl (C=O) groups is 1. The van der Waals surface area contributed by atoms with E-state index in [1.807, 2.05) is 12.1 Å². The molecule has 2 aromatic rings. The van der Waals surface area contributed by atoms with Crippen LogP contribution in [0.4, 0.5) is 0 Å². The molecule has 1 aliphatic carbocycles. The van der Waals surface area contributed by atoms with Crippen LogP contribution in [0.5, 0.6) is 5.75 Å². The molecule has 0 aromatic heterocycles. The van der Waals surface area contributed by atoms with Crippen LogP contribution in [0.3, 0.4) is 0 Å². The maximum atomic E-state index is 12.1. The summed E-state index contributed by atoms with van der Waals surface area (Å²) in [5.74, 6) is 0.181. The predicted molar refractivity (Wildman–Crippen MR) is 92.4 cm³/mol. The Kier molecular flexibility index (Phi) is 4.68. The Labute approximate surface area is 147 Å². The lowest BCUT2D eigenvalue weighted by Crippen LogP contribution is -2.05. The van der Waals surface area contributed by atoms with Gasteiger partial charge in [0.15, 0.2) is 0 Å². The molecule has 0 saturated heterocycles. The molecule has 3 rings (SSSR count). The molecule has 0 spiro atoms. The molecular weight excluding hydrogens is 382 g/mol. The van der Waals surface area contributed by atoms with Crippen LogP contribution in [-0.4, -0.2) is 18.8 Å². The monoisotopic (exact) mass is 393 g/mol. The maximum absolute atomic E-state index is 12.1. The van der Waals surface area contributed by atoms with Gasteiger partial charge in [-0.3, -0.25) is 0 Å². The zero-order chi connectivity index (χ0) is 16.4. The molecule has 0 unspecified atom stereocenters. The fourth-order valence-electron chi connectivity index (χ4n) is 2.56. The first-order valence-corrected chi connectivity index (χ1v) is 8.16. The maximum Gasteiger partial charge on any atom is 0.365 e. The smallest absolute Gasteiger partial charge is 0.365 e. The third kappa shape index (κ3) is 3.26. The van der Waals surface area contributed by atoms with Gasteiger partial charge in [0.2, 0.25) is 0 Å². The van der Waals surface area contributed by atoms with E-state index >= 15 is 0 Å². The zero-order valence-electron chi connectivity index (χ0n) is 12.3. The quantitative estimate of drug-likeness (QED) is 0.564. The second-order valence-electron chi connectivity index (χ2n) is 5.03. The number of hydrogen-bond donors (Lipinski definition) is 0. The second-order valence-corrected chi connectivity index (χ2v) is 6.32. The molecule has 118 valence electrons. The molecular formula is C17H13BrClNO3. The Bertz CT molecular complexity index is 804. The molecule has 2 aromatic carbocycles. The summed E-state index contributed by atoms with van der Waals surface area (Å²) in [4.78, 5) is 17.1. The number of benzene rings is 2. The van der Waals surface area contributed by atoms with Gasteiger partial charge >= 0.3 is 5.97 Å². The van der Waals surface area contributed by atoms with Crippen LogP contribution in [-0.2, 0) is 11.3 Å². The topological polar surface area (TPSA) is 47.9 Å². The summed E-state index contributed by atoms with van der Waals surface area (Å²) in [5, 5.41) is 4.52. The highest BCUT2D eigenvalue weighted by atomic mass is 79.9. The minimum absolute atomic E-state index is 0.362. The highest BCUT2D eigenvalue weighted by molar-refractivity contribution is 9.10. The highest BCUT2D eigenvalue weighted by Gasteiger charge is 2.25. The van der Waals surface area contributed by atoms with E-state index in [0.717, 1.165) is 27.8 Å². The first-order chi connectivity index (χ1) is 11.1. The molecule has 23 heavy (non-hydrogen) atoms. The lowest BCUT2D eigenvalue weighted by molar-refractivity contribution is 0.0516. The van der Waals surface area contributed by atoms with Crippen molar-refractivity contribution in [1.29, 1.82) is 0 Å². The summed E-state index contributed by atoms with van der Waals surface area (Å²) in [7, 11) is 1.61. The third-order valence-electron chi connectivity index (χ3n) is 3.64. The molecule has 4 nitrogen and oxygen atoms in total. The second kappa shape index (κ2) is 6.72. The SMILES string of the molecule is COc1ccc(Br)c2c1/C(=N\OC(=O)c1cccc(Cl)c1)CC2. The van der Waals surface area contributed by atoms with Crippen LogP contribution >= 0.6 is 27.5 Å². The van der Waals surface area contributed by atoms with E-state index in [9.17, 15) is 4.79 Å². The van der Waals surface area contributed by atoms with Crippen molar-refractivity contribution >= 4 is 39.2 Å². The van der Waals surface area contributed by atoms with Crippen LogP contribution in [0.2, 0.25) is 5.02 Å². The van der Waals surface area contributed by atoms with Gasteiger partial charge in [-0.25, -0.2) is 4.79 Å². The lowest BCUT2D eigenvalue weighted by atomic mass is 10.1. The number of oxime groups is 1. The van der Waals surface area contributed by atoms with E-state index < -0.39 is 5.97 Å². The Hall–Kier alpha value is -1.85. The molecule has 0 bridgehead atoms. The van der Waals surface area contributed by atoms with E-state index in [-0.39, 0.29) is 0 Å². The Morgan fingerprint density at radius 2 is 2.09 bits per heavy atom. The van der Waals surface area contributed by atoms with Crippen LogP contribution in [0.1, 0.15) is 27.9 Å². The Morgan fingerprint density at radius 3 is 2.83 bits per heavy atom. The first-order valence-electron chi connectivity index (χ1n) is 6.99. The van der Waals surface area contributed by atoms with Gasteiger partial charge in [-0.1, -0.05) is 38.8 Å². The van der Waals surface area contributed by atoms with Crippen molar-refractivity contribution in [2.75, 3.05) is 7.11 Å². The number of rotatable bonds is 3. The van der Waals surface area contributed by atoms with Crippen molar-refractivity contribution in [2.24, 2.45) is 5.16 Å². The Morgan fingerprint density at radius 1 is 1.26 bits per heavy atom. The minimum atomic E-state index is -0.539. The Balaban J connectivity index is 1.87. The predicted octanol–water partition coefficient (Wildman–Crippen LogP) is 4.62. The van der Waals surface area contributed by atoms with Crippen LogP contribution in [0.25, 0.3) is 0 Å². The average molecular weight is 395 g/mol. The molecule has 6 heteroatoms. The van der Waals surface area contributed by atoms with Crippen molar-refractivity contribution in [3.05, 3.63) is 62.6 Å². The summed E-state index contributed by atoms with van der Waals surface area (Å²) >= 11 is 9.40. The van der Waals surface area contributed by atoms with Gasteiger partial charge < -0.3 is 9.57 Å². The number of hydrogen-bond acceptors (Lipinski definition) is 4. The molecule has 0 saturated carbocycles. The summed E-state index contributed by atoms with van der Waals surface area (Å²) in [6.07, 6.45) is 1.51. The standard InChI is InChI=1S/C17H13BrClNO3/c1-22-15-8-6-13(18)12-5-7-14(16(12)15)20-23-17(21)10-3-2-4-11(19)9-10/h2-4,6,8-9H,5,7H2,1H3/b20-14-. The number of halogens is 2. The van der Waals surface area contributed by atoms with Crippen LogP contribution in [0.15, 0.2) is 46.0 Å². The number of nitrogens with zero attached hydrogens (tertiary/aromatic N) is 1. The van der Waals surface area contributed by atoms with E-state index in [1.165, 1.54) is 0 Å². The van der Waals surface area contributed by atoms with E-state index in [2.05, 4.69) is 21.1 Å². The van der Waals surface area contributed by atoms with Gasteiger partial charge in [-0.15, -0.1) is 0 Å². The van der Waals surface area contributed by atoms with Gasteiger partial charge in [-0.2, -0.15) is 0 Å². The normalized spacial score (nSPS) is 14.7. The van der Waals surface area contributed by atoms with Gasteiger partial charge in [0.1, 0.15) is 5.75 Å². The molecule has 0 aliphatic heterocycles. The fraction of sp³-hybridized carbons (Fsp3) is 0.176. The lowest BCUT2D eigenvalue weighted by Gasteiger charge is -2.09.